The molecule has 0 spiro atoms. The Kier molecular flexibility index (Phi) is 1.63. The van der Waals surface area contributed by atoms with Crippen LogP contribution >= 0.6 is 11.6 Å². The molecule has 1 aliphatic heterocycles. The molecule has 0 aliphatic carbocycles. The van der Waals surface area contributed by atoms with Gasteiger partial charge in [0.05, 0.1) is 17.6 Å². The molecule has 1 heterocycles. The average molecular weight is 131 g/mol. The van der Waals surface area contributed by atoms with Crippen LogP contribution < -0.4 is 0 Å². The normalized spacial score (nSPS) is 26.2. The molecule has 0 aromatic heterocycles. The Balaban J connectivity index is 2.59. The number of hydrogen-bond acceptors (Lipinski definition) is 2. The maximum Gasteiger partial charge on any atom is 0.110 e. The largest absolute Gasteiger partial charge is 0.264 e. The van der Waals surface area contributed by atoms with Crippen molar-refractivity contribution in [1.82, 2.24) is 0 Å². The first-order chi connectivity index (χ1) is 3.84. The molecule has 1 atom stereocenters. The first-order valence-electron chi connectivity index (χ1n) is 2.49. The van der Waals surface area contributed by atoms with E-state index in [1.54, 1.807) is 6.34 Å². The van der Waals surface area contributed by atoms with Crippen LogP contribution in [0.1, 0.15) is 6.92 Å². The fourth-order valence-electron chi connectivity index (χ4n) is 0.548. The summed E-state index contributed by atoms with van der Waals surface area (Å²) in [6.45, 7) is 1.98. The van der Waals surface area contributed by atoms with Gasteiger partial charge in [-0.25, -0.2) is 4.99 Å². The molecule has 0 aromatic carbocycles. The molecule has 0 unspecified atom stereocenters. The monoisotopic (exact) mass is 130 g/mol. The van der Waals surface area contributed by atoms with Crippen LogP contribution in [-0.2, 0) is 0 Å². The summed E-state index contributed by atoms with van der Waals surface area (Å²) in [6, 6.07) is 0.215. The average Bonchev–Trinajstić information content (AvgIpc) is 2.14. The minimum Gasteiger partial charge on any atom is -0.264 e. The lowest BCUT2D eigenvalue weighted by Crippen LogP contribution is -2.11. The summed E-state index contributed by atoms with van der Waals surface area (Å²) in [4.78, 5) is 7.90. The third kappa shape index (κ3) is 0.892. The van der Waals surface area contributed by atoms with Crippen molar-refractivity contribution in [2.75, 3.05) is 5.88 Å². The summed E-state index contributed by atoms with van der Waals surface area (Å²) in [6.07, 6.45) is 1.56. The van der Waals surface area contributed by atoms with E-state index in [1.807, 2.05) is 6.92 Å². The van der Waals surface area contributed by atoms with E-state index in [-0.39, 0.29) is 6.04 Å². The van der Waals surface area contributed by atoms with Gasteiger partial charge >= 0.3 is 0 Å². The first kappa shape index (κ1) is 5.76. The minimum absolute atomic E-state index is 0.215. The molecular weight excluding hydrogens is 124 g/mol. The smallest absolute Gasteiger partial charge is 0.110 e. The molecule has 0 N–H and O–H groups in total. The van der Waals surface area contributed by atoms with Crippen LogP contribution in [0.25, 0.3) is 0 Å². The molecule has 0 aromatic rings. The van der Waals surface area contributed by atoms with Crippen molar-refractivity contribution < 1.29 is 0 Å². The maximum absolute atomic E-state index is 5.49. The van der Waals surface area contributed by atoms with Crippen LogP contribution in [0.3, 0.4) is 0 Å². The molecule has 0 radical (unpaired) electrons. The molecule has 0 saturated heterocycles. The minimum atomic E-state index is 0.215. The van der Waals surface area contributed by atoms with Crippen molar-refractivity contribution in [2.45, 2.75) is 13.0 Å². The molecule has 8 heavy (non-hydrogen) atoms. The predicted molar refractivity (Wildman–Crippen MR) is 36.1 cm³/mol. The van der Waals surface area contributed by atoms with Crippen molar-refractivity contribution in [1.29, 1.82) is 0 Å². The second-order valence-electron chi connectivity index (χ2n) is 1.69. The van der Waals surface area contributed by atoms with Crippen LogP contribution in [0.4, 0.5) is 0 Å². The number of aliphatic imine (C=N–C) groups is 2. The van der Waals surface area contributed by atoms with Crippen LogP contribution in [0.2, 0.25) is 0 Å². The summed E-state index contributed by atoms with van der Waals surface area (Å²) in [5.74, 6) is 0.501. The molecule has 3 heteroatoms. The summed E-state index contributed by atoms with van der Waals surface area (Å²) in [5, 5.41) is 0. The van der Waals surface area contributed by atoms with Crippen LogP contribution in [0.15, 0.2) is 9.98 Å². The van der Waals surface area contributed by atoms with Crippen LogP contribution in [-0.4, -0.2) is 24.0 Å². The number of hydrogen-bond donors (Lipinski definition) is 0. The van der Waals surface area contributed by atoms with Gasteiger partial charge < -0.3 is 0 Å². The highest BCUT2D eigenvalue weighted by Crippen LogP contribution is 2.00. The zero-order valence-corrected chi connectivity index (χ0v) is 5.39. The fraction of sp³-hybridized carbons (Fsp3) is 0.600. The van der Waals surface area contributed by atoms with Gasteiger partial charge in [-0.15, -0.1) is 11.6 Å². The van der Waals surface area contributed by atoms with E-state index in [2.05, 4.69) is 9.98 Å². The van der Waals surface area contributed by atoms with Gasteiger partial charge in [-0.05, 0) is 6.92 Å². The van der Waals surface area contributed by atoms with E-state index in [9.17, 15) is 0 Å². The van der Waals surface area contributed by atoms with E-state index in [1.165, 1.54) is 0 Å². The lowest BCUT2D eigenvalue weighted by atomic mass is 10.2. The Morgan fingerprint density at radius 3 is 2.88 bits per heavy atom. The number of rotatable bonds is 1. The molecule has 0 fully saturated rings. The second-order valence-corrected chi connectivity index (χ2v) is 1.96. The summed E-state index contributed by atoms with van der Waals surface area (Å²) >= 11 is 5.49. The van der Waals surface area contributed by atoms with Gasteiger partial charge in [0, 0.05) is 0 Å². The molecule has 2 nitrogen and oxygen atoms in total. The van der Waals surface area contributed by atoms with E-state index in [4.69, 9.17) is 11.6 Å². The lowest BCUT2D eigenvalue weighted by Gasteiger charge is -1.96. The Labute approximate surface area is 53.3 Å². The standard InChI is InChI=1S/C5H7ClN2/c1-4-5(2-6)8-3-7-4/h3-4H,2H2,1H3/t4-/m1/s1. The lowest BCUT2D eigenvalue weighted by molar-refractivity contribution is 0.999. The summed E-state index contributed by atoms with van der Waals surface area (Å²) < 4.78 is 0. The Morgan fingerprint density at radius 2 is 2.62 bits per heavy atom. The molecule has 0 saturated carbocycles. The van der Waals surface area contributed by atoms with E-state index >= 15 is 0 Å². The summed E-state index contributed by atoms with van der Waals surface area (Å²) in [5.41, 5.74) is 0.965. The van der Waals surface area contributed by atoms with E-state index in [0.717, 1.165) is 5.71 Å². The zero-order chi connectivity index (χ0) is 5.98. The van der Waals surface area contributed by atoms with Gasteiger partial charge in [0.25, 0.3) is 0 Å². The van der Waals surface area contributed by atoms with Gasteiger partial charge in [-0.3, -0.25) is 4.99 Å². The molecule has 0 bridgehead atoms. The Bertz CT molecular complexity index is 139. The molecule has 1 rings (SSSR count). The highest BCUT2D eigenvalue weighted by atomic mass is 35.5. The van der Waals surface area contributed by atoms with Crippen LogP contribution in [0.5, 0.6) is 0 Å². The molecule has 0 amide bonds. The third-order valence-corrected chi connectivity index (χ3v) is 1.41. The SMILES string of the molecule is C[C@H]1N=CN=C1CCl. The fourth-order valence-corrected chi connectivity index (χ4v) is 0.840. The van der Waals surface area contributed by atoms with Crippen molar-refractivity contribution in [2.24, 2.45) is 9.98 Å². The van der Waals surface area contributed by atoms with Gasteiger partial charge in [-0.2, -0.15) is 0 Å². The topological polar surface area (TPSA) is 24.7 Å². The van der Waals surface area contributed by atoms with Gasteiger partial charge in [-0.1, -0.05) is 0 Å². The number of alkyl halides is 1. The first-order valence-corrected chi connectivity index (χ1v) is 3.02. The zero-order valence-electron chi connectivity index (χ0n) is 4.63. The molecular formula is C5H7ClN2. The Hall–Kier alpha value is -0.370. The van der Waals surface area contributed by atoms with E-state index in [0.29, 0.717) is 5.88 Å². The van der Waals surface area contributed by atoms with Gasteiger partial charge in [0.2, 0.25) is 0 Å². The van der Waals surface area contributed by atoms with Crippen molar-refractivity contribution in [3.05, 3.63) is 0 Å². The second kappa shape index (κ2) is 2.27. The maximum atomic E-state index is 5.49. The summed E-state index contributed by atoms with van der Waals surface area (Å²) in [7, 11) is 0. The van der Waals surface area contributed by atoms with Gasteiger partial charge in [0.1, 0.15) is 6.34 Å². The predicted octanol–water partition coefficient (Wildman–Crippen LogP) is 1.10. The van der Waals surface area contributed by atoms with Crippen molar-refractivity contribution in [3.63, 3.8) is 0 Å². The van der Waals surface area contributed by atoms with Crippen molar-refractivity contribution >= 4 is 23.7 Å². The van der Waals surface area contributed by atoms with Gasteiger partial charge in [0.15, 0.2) is 0 Å². The molecule has 1 aliphatic rings. The highest BCUT2D eigenvalue weighted by molar-refractivity contribution is 6.30. The van der Waals surface area contributed by atoms with Crippen LogP contribution in [0, 0.1) is 0 Å². The Morgan fingerprint density at radius 1 is 1.88 bits per heavy atom. The number of nitrogens with zero attached hydrogens (tertiary/aromatic N) is 2. The van der Waals surface area contributed by atoms with E-state index < -0.39 is 0 Å². The molecule has 44 valence electrons. The number of halogens is 1. The quantitative estimate of drug-likeness (QED) is 0.475. The highest BCUT2D eigenvalue weighted by Gasteiger charge is 2.09. The third-order valence-electron chi connectivity index (χ3n) is 1.13. The van der Waals surface area contributed by atoms with Crippen molar-refractivity contribution in [3.8, 4) is 0 Å².